The molecule has 2 heterocycles. The first-order valence-corrected chi connectivity index (χ1v) is 10.8. The van der Waals surface area contributed by atoms with Crippen LogP contribution in [0, 0.1) is 5.82 Å². The molecular weight excluding hydrogens is 431 g/mol. The zero-order valence-corrected chi connectivity index (χ0v) is 18.3. The molecule has 4 atom stereocenters. The summed E-state index contributed by atoms with van der Waals surface area (Å²) >= 11 is 0. The SMILES string of the molecule is COCC(=O)Nc1ccc2c(c1)[C@H]1C[C@@H](CC(=O)NCc3cccc(F)c3)O[C@@H](CO)[C@H]1O2. The second-order valence-electron chi connectivity index (χ2n) is 8.25. The Morgan fingerprint density at radius 3 is 2.82 bits per heavy atom. The Hall–Kier alpha value is -3.01. The summed E-state index contributed by atoms with van der Waals surface area (Å²) < 4.78 is 30.2. The van der Waals surface area contributed by atoms with Crippen LogP contribution in [0.1, 0.15) is 29.9 Å². The standard InChI is InChI=1S/C24H27FN2O6/c1-31-13-23(30)27-16-5-6-20-18(8-16)19-9-17(32-21(12-28)24(19)33-20)10-22(29)26-11-14-3-2-4-15(25)7-14/h2-8,17,19,21,24,28H,9-13H2,1H3,(H,26,29)(H,27,30)/t17-,19+,21-,24-/m0/s1. The topological polar surface area (TPSA) is 106 Å². The third kappa shape index (κ3) is 5.50. The predicted octanol–water partition coefficient (Wildman–Crippen LogP) is 2.11. The van der Waals surface area contributed by atoms with Crippen molar-refractivity contribution in [3.05, 3.63) is 59.4 Å². The third-order valence-corrected chi connectivity index (χ3v) is 5.85. The number of fused-ring (bicyclic) bond motifs is 3. The third-order valence-electron chi connectivity index (χ3n) is 5.85. The van der Waals surface area contributed by atoms with Crippen LogP contribution in [0.5, 0.6) is 5.75 Å². The molecule has 1 fully saturated rings. The van der Waals surface area contributed by atoms with Gasteiger partial charge in [-0.25, -0.2) is 4.39 Å². The quantitative estimate of drug-likeness (QED) is 0.560. The molecule has 2 aromatic carbocycles. The lowest BCUT2D eigenvalue weighted by Crippen LogP contribution is -2.47. The molecule has 8 nitrogen and oxygen atoms in total. The van der Waals surface area contributed by atoms with E-state index in [-0.39, 0.29) is 55.8 Å². The summed E-state index contributed by atoms with van der Waals surface area (Å²) in [5.41, 5.74) is 2.20. The maximum absolute atomic E-state index is 13.3. The minimum atomic E-state index is -0.580. The van der Waals surface area contributed by atoms with E-state index >= 15 is 0 Å². The maximum Gasteiger partial charge on any atom is 0.250 e. The van der Waals surface area contributed by atoms with E-state index in [2.05, 4.69) is 10.6 Å². The number of aliphatic hydroxyl groups excluding tert-OH is 1. The van der Waals surface area contributed by atoms with Crippen LogP contribution < -0.4 is 15.4 Å². The molecular formula is C24H27FN2O6. The fraction of sp³-hybridized carbons (Fsp3) is 0.417. The Labute approximate surface area is 191 Å². The second kappa shape index (κ2) is 10.3. The summed E-state index contributed by atoms with van der Waals surface area (Å²) in [6.07, 6.45) is -0.742. The molecule has 2 aromatic rings. The van der Waals surface area contributed by atoms with E-state index < -0.39 is 12.2 Å². The zero-order valence-electron chi connectivity index (χ0n) is 18.3. The van der Waals surface area contributed by atoms with Gasteiger partial charge in [-0.15, -0.1) is 0 Å². The van der Waals surface area contributed by atoms with Crippen molar-refractivity contribution in [1.29, 1.82) is 0 Å². The van der Waals surface area contributed by atoms with E-state index in [0.717, 1.165) is 5.56 Å². The van der Waals surface area contributed by atoms with E-state index in [9.17, 15) is 19.1 Å². The van der Waals surface area contributed by atoms with Gasteiger partial charge in [0.05, 0.1) is 19.1 Å². The summed E-state index contributed by atoms with van der Waals surface area (Å²) in [5, 5.41) is 15.4. The number of hydrogen-bond donors (Lipinski definition) is 3. The van der Waals surface area contributed by atoms with Gasteiger partial charge < -0.3 is 30.0 Å². The highest BCUT2D eigenvalue weighted by atomic mass is 19.1. The lowest BCUT2D eigenvalue weighted by molar-refractivity contribution is -0.142. The number of carbonyl (C=O) groups is 2. The number of anilines is 1. The van der Waals surface area contributed by atoms with Crippen LogP contribution in [0.4, 0.5) is 10.1 Å². The average molecular weight is 458 g/mol. The van der Waals surface area contributed by atoms with E-state index in [4.69, 9.17) is 14.2 Å². The molecule has 3 N–H and O–H groups in total. The molecule has 0 radical (unpaired) electrons. The Morgan fingerprint density at radius 1 is 1.21 bits per heavy atom. The fourth-order valence-corrected chi connectivity index (χ4v) is 4.42. The first kappa shape index (κ1) is 23.2. The number of carbonyl (C=O) groups excluding carboxylic acids is 2. The smallest absolute Gasteiger partial charge is 0.250 e. The van der Waals surface area contributed by atoms with Gasteiger partial charge in [0.15, 0.2) is 0 Å². The summed E-state index contributed by atoms with van der Waals surface area (Å²) in [4.78, 5) is 24.4. The molecule has 0 aliphatic carbocycles. The number of methoxy groups -OCH3 is 1. The van der Waals surface area contributed by atoms with Crippen LogP contribution in [0.3, 0.4) is 0 Å². The molecule has 0 unspecified atom stereocenters. The van der Waals surface area contributed by atoms with Crippen molar-refractivity contribution in [2.75, 3.05) is 25.6 Å². The molecule has 176 valence electrons. The van der Waals surface area contributed by atoms with Crippen molar-refractivity contribution < 1.29 is 33.3 Å². The highest BCUT2D eigenvalue weighted by molar-refractivity contribution is 5.92. The second-order valence-corrected chi connectivity index (χ2v) is 8.25. The molecule has 0 saturated carbocycles. The molecule has 2 aliphatic heterocycles. The van der Waals surface area contributed by atoms with Crippen molar-refractivity contribution in [1.82, 2.24) is 5.32 Å². The molecule has 2 aliphatic rings. The predicted molar refractivity (Wildman–Crippen MR) is 117 cm³/mol. The van der Waals surface area contributed by atoms with Crippen LogP contribution in [0.25, 0.3) is 0 Å². The summed E-state index contributed by atoms with van der Waals surface area (Å²) in [6, 6.07) is 11.4. The van der Waals surface area contributed by atoms with E-state index in [1.165, 1.54) is 19.2 Å². The molecule has 0 spiro atoms. The number of halogens is 1. The van der Waals surface area contributed by atoms with Gasteiger partial charge in [-0.05, 0) is 42.3 Å². The summed E-state index contributed by atoms with van der Waals surface area (Å²) in [5.74, 6) is -0.258. The largest absolute Gasteiger partial charge is 0.487 e. The highest BCUT2D eigenvalue weighted by Crippen LogP contribution is 2.47. The molecule has 1 saturated heterocycles. The number of hydrogen-bond acceptors (Lipinski definition) is 6. The molecule has 0 bridgehead atoms. The number of aliphatic hydroxyl groups is 1. The Balaban J connectivity index is 1.41. The monoisotopic (exact) mass is 458 g/mol. The molecule has 4 rings (SSSR count). The first-order valence-electron chi connectivity index (χ1n) is 10.8. The lowest BCUT2D eigenvalue weighted by atomic mass is 9.84. The zero-order chi connectivity index (χ0) is 23.4. The van der Waals surface area contributed by atoms with Crippen LogP contribution in [0.15, 0.2) is 42.5 Å². The molecule has 0 aromatic heterocycles. The van der Waals surface area contributed by atoms with Crippen molar-refractivity contribution in [3.8, 4) is 5.75 Å². The first-order chi connectivity index (χ1) is 16.0. The molecule has 33 heavy (non-hydrogen) atoms. The van der Waals surface area contributed by atoms with Gasteiger partial charge in [0.25, 0.3) is 0 Å². The van der Waals surface area contributed by atoms with E-state index in [0.29, 0.717) is 23.4 Å². The normalized spacial score (nSPS) is 23.2. The van der Waals surface area contributed by atoms with Crippen LogP contribution >= 0.6 is 0 Å². The van der Waals surface area contributed by atoms with Crippen molar-refractivity contribution >= 4 is 17.5 Å². The fourth-order valence-electron chi connectivity index (χ4n) is 4.42. The van der Waals surface area contributed by atoms with E-state index in [1.54, 1.807) is 24.3 Å². The number of nitrogens with one attached hydrogen (secondary N) is 2. The summed E-state index contributed by atoms with van der Waals surface area (Å²) in [6.45, 7) is -0.0733. The van der Waals surface area contributed by atoms with Gasteiger partial charge in [-0.3, -0.25) is 9.59 Å². The number of ether oxygens (including phenoxy) is 3. The van der Waals surface area contributed by atoms with Crippen LogP contribution in [-0.2, 0) is 25.6 Å². The van der Waals surface area contributed by atoms with Crippen molar-refractivity contribution in [2.24, 2.45) is 0 Å². The van der Waals surface area contributed by atoms with E-state index in [1.807, 2.05) is 6.07 Å². The van der Waals surface area contributed by atoms with Gasteiger partial charge in [0, 0.05) is 30.8 Å². The number of rotatable bonds is 8. The average Bonchev–Trinajstić information content (AvgIpc) is 3.15. The number of amides is 2. The maximum atomic E-state index is 13.3. The summed E-state index contributed by atoms with van der Waals surface area (Å²) in [7, 11) is 1.45. The Morgan fingerprint density at radius 2 is 2.06 bits per heavy atom. The Kier molecular flexibility index (Phi) is 7.22. The van der Waals surface area contributed by atoms with Crippen molar-refractivity contribution in [2.45, 2.75) is 43.6 Å². The highest BCUT2D eigenvalue weighted by Gasteiger charge is 2.46. The minimum Gasteiger partial charge on any atom is -0.487 e. The Bertz CT molecular complexity index is 1020. The van der Waals surface area contributed by atoms with Gasteiger partial charge >= 0.3 is 0 Å². The van der Waals surface area contributed by atoms with Crippen molar-refractivity contribution in [3.63, 3.8) is 0 Å². The van der Waals surface area contributed by atoms with Gasteiger partial charge in [0.2, 0.25) is 11.8 Å². The molecule has 9 heteroatoms. The number of benzene rings is 2. The van der Waals surface area contributed by atoms with Gasteiger partial charge in [-0.1, -0.05) is 12.1 Å². The molecule has 2 amide bonds. The van der Waals surface area contributed by atoms with Crippen LogP contribution in [-0.4, -0.2) is 55.6 Å². The van der Waals surface area contributed by atoms with Gasteiger partial charge in [0.1, 0.15) is 30.4 Å². The minimum absolute atomic E-state index is 0.0487. The van der Waals surface area contributed by atoms with Crippen LogP contribution in [0.2, 0.25) is 0 Å². The van der Waals surface area contributed by atoms with Gasteiger partial charge in [-0.2, -0.15) is 0 Å². The lowest BCUT2D eigenvalue weighted by Gasteiger charge is -2.37.